The molecule has 0 bridgehead atoms. The van der Waals surface area contributed by atoms with Crippen LogP contribution in [-0.2, 0) is 0 Å². The largest absolute Gasteiger partial charge is 0.362 e. The van der Waals surface area contributed by atoms with Gasteiger partial charge in [0.15, 0.2) is 5.17 Å². The van der Waals surface area contributed by atoms with Crippen molar-refractivity contribution in [2.45, 2.75) is 31.8 Å². The molecule has 80 valence electrons. The van der Waals surface area contributed by atoms with Crippen molar-refractivity contribution in [1.29, 1.82) is 0 Å². The summed E-state index contributed by atoms with van der Waals surface area (Å²) in [4.78, 5) is 6.86. The van der Waals surface area contributed by atoms with Gasteiger partial charge in [-0.2, -0.15) is 0 Å². The Morgan fingerprint density at radius 2 is 2.43 bits per heavy atom. The van der Waals surface area contributed by atoms with Crippen molar-refractivity contribution >= 4 is 16.9 Å². The summed E-state index contributed by atoms with van der Waals surface area (Å²) in [6.45, 7) is 4.50. The number of likely N-dealkylation sites (tertiary alicyclic amines) is 1. The molecule has 4 heteroatoms. The second-order valence-electron chi connectivity index (χ2n) is 4.23. The first kappa shape index (κ1) is 10.3. The molecule has 2 aliphatic heterocycles. The summed E-state index contributed by atoms with van der Waals surface area (Å²) in [6.07, 6.45) is 2.50. The van der Waals surface area contributed by atoms with Crippen LogP contribution in [0.4, 0.5) is 0 Å². The Labute approximate surface area is 90.3 Å². The lowest BCUT2D eigenvalue weighted by Gasteiger charge is -2.35. The van der Waals surface area contributed by atoms with Crippen LogP contribution in [0.1, 0.15) is 19.8 Å². The van der Waals surface area contributed by atoms with Crippen LogP contribution in [0.2, 0.25) is 0 Å². The molecule has 0 saturated carbocycles. The minimum atomic E-state index is 0.644. The van der Waals surface area contributed by atoms with Crippen LogP contribution >= 0.6 is 11.8 Å². The number of hydrogen-bond donors (Lipinski definition) is 1. The van der Waals surface area contributed by atoms with Crippen molar-refractivity contribution in [3.8, 4) is 0 Å². The molecule has 0 radical (unpaired) electrons. The Bertz CT molecular complexity index is 229. The van der Waals surface area contributed by atoms with E-state index >= 15 is 0 Å². The molecule has 0 aromatic carbocycles. The number of rotatable bonds is 1. The monoisotopic (exact) mass is 213 g/mol. The van der Waals surface area contributed by atoms with E-state index in [1.165, 1.54) is 24.6 Å². The lowest BCUT2D eigenvalue weighted by molar-refractivity contribution is 0.177. The van der Waals surface area contributed by atoms with Gasteiger partial charge in [0.05, 0.1) is 6.54 Å². The average Bonchev–Trinajstić information content (AvgIpc) is 2.64. The maximum Gasteiger partial charge on any atom is 0.156 e. The Kier molecular flexibility index (Phi) is 3.34. The van der Waals surface area contributed by atoms with Crippen LogP contribution in [-0.4, -0.2) is 48.0 Å². The quantitative estimate of drug-likeness (QED) is 0.708. The van der Waals surface area contributed by atoms with Gasteiger partial charge in [0.1, 0.15) is 0 Å². The first-order valence-corrected chi connectivity index (χ1v) is 6.38. The number of thioether (sulfide) groups is 1. The van der Waals surface area contributed by atoms with E-state index in [1.807, 2.05) is 11.8 Å². The molecule has 3 nitrogen and oxygen atoms in total. The molecule has 0 aromatic rings. The molecule has 2 unspecified atom stereocenters. The maximum atomic E-state index is 4.43. The van der Waals surface area contributed by atoms with Gasteiger partial charge in [0.2, 0.25) is 0 Å². The fourth-order valence-electron chi connectivity index (χ4n) is 2.02. The van der Waals surface area contributed by atoms with Crippen molar-refractivity contribution in [3.63, 3.8) is 0 Å². The number of piperidine rings is 1. The fraction of sp³-hybridized carbons (Fsp3) is 0.900. The average molecular weight is 213 g/mol. The van der Waals surface area contributed by atoms with Gasteiger partial charge in [-0.25, -0.2) is 0 Å². The van der Waals surface area contributed by atoms with E-state index in [0.717, 1.165) is 12.3 Å². The zero-order valence-electron chi connectivity index (χ0n) is 8.99. The van der Waals surface area contributed by atoms with E-state index < -0.39 is 0 Å². The number of amidine groups is 1. The molecule has 0 aromatic heterocycles. The first-order valence-electron chi connectivity index (χ1n) is 5.40. The smallest absolute Gasteiger partial charge is 0.156 e. The maximum absolute atomic E-state index is 4.43. The highest BCUT2D eigenvalue weighted by molar-refractivity contribution is 8.14. The van der Waals surface area contributed by atoms with Gasteiger partial charge in [0, 0.05) is 24.4 Å². The van der Waals surface area contributed by atoms with E-state index in [4.69, 9.17) is 0 Å². The SMILES string of the molecule is CC1CC(NC2=NCCS2)CCN1C. The Hall–Kier alpha value is -0.220. The van der Waals surface area contributed by atoms with Crippen molar-refractivity contribution in [2.24, 2.45) is 4.99 Å². The van der Waals surface area contributed by atoms with Crippen LogP contribution in [0.5, 0.6) is 0 Å². The standard InChI is InChI=1S/C10H19N3S/c1-8-7-9(3-5-13(8)2)12-10-11-4-6-14-10/h8-9H,3-7H2,1-2H3,(H,11,12). The molecule has 0 amide bonds. The third-order valence-corrected chi connectivity index (χ3v) is 4.03. The first-order chi connectivity index (χ1) is 6.75. The Morgan fingerprint density at radius 3 is 3.07 bits per heavy atom. The molecule has 2 heterocycles. The summed E-state index contributed by atoms with van der Waals surface area (Å²) in [5, 5.41) is 4.73. The third-order valence-electron chi connectivity index (χ3n) is 3.12. The molecule has 1 fully saturated rings. The van der Waals surface area contributed by atoms with Crippen LogP contribution in [0.3, 0.4) is 0 Å². The summed E-state index contributed by atoms with van der Waals surface area (Å²) in [7, 11) is 2.21. The summed E-state index contributed by atoms with van der Waals surface area (Å²) in [5.74, 6) is 1.16. The molecule has 2 aliphatic rings. The summed E-state index contributed by atoms with van der Waals surface area (Å²) in [6, 6.07) is 1.35. The van der Waals surface area contributed by atoms with Crippen molar-refractivity contribution in [1.82, 2.24) is 10.2 Å². The predicted molar refractivity (Wildman–Crippen MR) is 63.0 cm³/mol. The highest BCUT2D eigenvalue weighted by Gasteiger charge is 2.23. The summed E-state index contributed by atoms with van der Waals surface area (Å²) < 4.78 is 0. The Morgan fingerprint density at radius 1 is 1.57 bits per heavy atom. The molecule has 0 spiro atoms. The third kappa shape index (κ3) is 2.42. The highest BCUT2D eigenvalue weighted by atomic mass is 32.2. The minimum Gasteiger partial charge on any atom is -0.362 e. The summed E-state index contributed by atoms with van der Waals surface area (Å²) >= 11 is 1.86. The molecule has 1 saturated heterocycles. The number of nitrogens with one attached hydrogen (secondary N) is 1. The number of aliphatic imine (C=N–C) groups is 1. The molecule has 14 heavy (non-hydrogen) atoms. The predicted octanol–water partition coefficient (Wildman–Crippen LogP) is 1.16. The molecular formula is C10H19N3S. The van der Waals surface area contributed by atoms with Crippen molar-refractivity contribution in [3.05, 3.63) is 0 Å². The normalized spacial score (nSPS) is 34.3. The Balaban J connectivity index is 1.81. The van der Waals surface area contributed by atoms with Gasteiger partial charge in [-0.05, 0) is 26.8 Å². The molecule has 1 N–H and O–H groups in total. The van der Waals surface area contributed by atoms with Crippen LogP contribution in [0.25, 0.3) is 0 Å². The molecule has 2 rings (SSSR count). The van der Waals surface area contributed by atoms with Gasteiger partial charge < -0.3 is 10.2 Å². The zero-order valence-corrected chi connectivity index (χ0v) is 9.81. The van der Waals surface area contributed by atoms with E-state index in [1.54, 1.807) is 0 Å². The van der Waals surface area contributed by atoms with Gasteiger partial charge in [-0.15, -0.1) is 0 Å². The van der Waals surface area contributed by atoms with E-state index in [2.05, 4.69) is 29.2 Å². The van der Waals surface area contributed by atoms with Gasteiger partial charge in [0.25, 0.3) is 0 Å². The highest BCUT2D eigenvalue weighted by Crippen LogP contribution is 2.17. The van der Waals surface area contributed by atoms with E-state index in [9.17, 15) is 0 Å². The second kappa shape index (κ2) is 4.53. The lowest BCUT2D eigenvalue weighted by atomic mass is 9.99. The minimum absolute atomic E-state index is 0.644. The second-order valence-corrected chi connectivity index (χ2v) is 5.31. The topological polar surface area (TPSA) is 27.6 Å². The lowest BCUT2D eigenvalue weighted by Crippen LogP contribution is -2.46. The molecule has 0 aliphatic carbocycles. The van der Waals surface area contributed by atoms with Crippen molar-refractivity contribution < 1.29 is 0 Å². The van der Waals surface area contributed by atoms with Crippen LogP contribution < -0.4 is 5.32 Å². The number of hydrogen-bond acceptors (Lipinski definition) is 4. The van der Waals surface area contributed by atoms with E-state index in [-0.39, 0.29) is 0 Å². The summed E-state index contributed by atoms with van der Waals surface area (Å²) in [5.41, 5.74) is 0. The van der Waals surface area contributed by atoms with Gasteiger partial charge >= 0.3 is 0 Å². The zero-order chi connectivity index (χ0) is 9.97. The van der Waals surface area contributed by atoms with E-state index in [0.29, 0.717) is 12.1 Å². The van der Waals surface area contributed by atoms with Crippen LogP contribution in [0, 0.1) is 0 Å². The number of nitrogens with zero attached hydrogens (tertiary/aromatic N) is 2. The van der Waals surface area contributed by atoms with Crippen molar-refractivity contribution in [2.75, 3.05) is 25.9 Å². The molecule has 2 atom stereocenters. The van der Waals surface area contributed by atoms with Gasteiger partial charge in [-0.1, -0.05) is 11.8 Å². The molecular weight excluding hydrogens is 194 g/mol. The fourth-order valence-corrected chi connectivity index (χ4v) is 2.83. The van der Waals surface area contributed by atoms with Crippen LogP contribution in [0.15, 0.2) is 4.99 Å². The van der Waals surface area contributed by atoms with Gasteiger partial charge in [-0.3, -0.25) is 4.99 Å².